The molecule has 1 aromatic rings. The molecule has 1 N–H and O–H groups in total. The molecule has 3 aliphatic carbocycles. The summed E-state index contributed by atoms with van der Waals surface area (Å²) in [5.41, 5.74) is 3.30. The van der Waals surface area contributed by atoms with Crippen LogP contribution >= 0.6 is 12.9 Å². The number of aryl methyl sites for hydroxylation is 1. The fraction of sp³-hybridized carbons (Fsp3) is 0.769. The van der Waals surface area contributed by atoms with E-state index in [2.05, 4.69) is 38.0 Å². The molecule has 4 nitrogen and oxygen atoms in total. The van der Waals surface area contributed by atoms with Gasteiger partial charge in [0.15, 0.2) is 5.79 Å². The van der Waals surface area contributed by atoms with E-state index in [1.165, 1.54) is 37.7 Å². The summed E-state index contributed by atoms with van der Waals surface area (Å²) >= 11 is 2.53. The van der Waals surface area contributed by atoms with Gasteiger partial charge in [0.05, 0.1) is 20.3 Å². The number of benzene rings is 1. The van der Waals surface area contributed by atoms with Gasteiger partial charge in [0.2, 0.25) is 0 Å². The molecule has 5 heteroatoms. The van der Waals surface area contributed by atoms with Gasteiger partial charge < -0.3 is 18.8 Å². The summed E-state index contributed by atoms with van der Waals surface area (Å²) in [6.45, 7) is 12.0. The van der Waals surface area contributed by atoms with Crippen LogP contribution in [0.4, 0.5) is 0 Å². The van der Waals surface area contributed by atoms with Gasteiger partial charge in [-0.25, -0.2) is 0 Å². The van der Waals surface area contributed by atoms with E-state index in [0.29, 0.717) is 5.92 Å². The minimum atomic E-state index is -0.275. The quantitative estimate of drug-likeness (QED) is 0.343. The van der Waals surface area contributed by atoms with Gasteiger partial charge in [-0.15, -0.1) is 0 Å². The molecule has 1 heterocycles. The Labute approximate surface area is 196 Å². The molecule has 0 amide bonds. The predicted octanol–water partition coefficient (Wildman–Crippen LogP) is 7.37. The molecule has 31 heavy (non-hydrogen) atoms. The van der Waals surface area contributed by atoms with E-state index in [9.17, 15) is 0 Å². The van der Waals surface area contributed by atoms with Crippen molar-refractivity contribution in [2.75, 3.05) is 20.3 Å². The summed E-state index contributed by atoms with van der Waals surface area (Å²) < 4.78 is 24.6. The average Bonchev–Trinajstić information content (AvgIpc) is 3.43. The van der Waals surface area contributed by atoms with Crippen molar-refractivity contribution in [2.45, 2.75) is 92.3 Å². The zero-order chi connectivity index (χ0) is 22.4. The van der Waals surface area contributed by atoms with Crippen LogP contribution in [0.2, 0.25) is 0 Å². The smallest absolute Gasteiger partial charge is 0.174 e. The SMILES string of the molecule is C.CC.CC.COc1ccc2c(c1)CCC1C2CCC2(C)C1CCC21OCCO1.OS. The van der Waals surface area contributed by atoms with Gasteiger partial charge in [0.1, 0.15) is 5.75 Å². The van der Waals surface area contributed by atoms with E-state index in [-0.39, 0.29) is 18.6 Å². The van der Waals surface area contributed by atoms with Crippen LogP contribution in [0.5, 0.6) is 5.75 Å². The molecular formula is C26H46O4S. The number of methoxy groups -OCH3 is 1. The molecule has 0 bridgehead atoms. The summed E-state index contributed by atoms with van der Waals surface area (Å²) in [6, 6.07) is 6.74. The lowest BCUT2D eigenvalue weighted by molar-refractivity contribution is -0.237. The van der Waals surface area contributed by atoms with Crippen molar-refractivity contribution in [1.82, 2.24) is 0 Å². The first-order chi connectivity index (χ1) is 14.7. The lowest BCUT2D eigenvalue weighted by Crippen LogP contribution is -2.51. The normalized spacial score (nSPS) is 31.0. The number of fused-ring (bicyclic) bond motifs is 6. The van der Waals surface area contributed by atoms with E-state index >= 15 is 0 Å². The Kier molecular flexibility index (Phi) is 11.4. The van der Waals surface area contributed by atoms with Crippen molar-refractivity contribution in [3.05, 3.63) is 29.3 Å². The average molecular weight is 455 g/mol. The number of rotatable bonds is 1. The molecule has 2 saturated carbocycles. The highest BCUT2D eigenvalue weighted by Gasteiger charge is 2.64. The summed E-state index contributed by atoms with van der Waals surface area (Å²) in [6.07, 6.45) is 7.35. The minimum Gasteiger partial charge on any atom is -0.497 e. The van der Waals surface area contributed by atoms with Crippen LogP contribution in [0.3, 0.4) is 0 Å². The van der Waals surface area contributed by atoms with Gasteiger partial charge in [0.25, 0.3) is 0 Å². The van der Waals surface area contributed by atoms with E-state index in [4.69, 9.17) is 18.8 Å². The second-order valence-electron chi connectivity index (χ2n) is 8.42. The fourth-order valence-electron chi connectivity index (χ4n) is 6.57. The molecule has 1 aliphatic heterocycles. The van der Waals surface area contributed by atoms with Crippen molar-refractivity contribution in [3.8, 4) is 5.75 Å². The Hall–Kier alpha value is -0.750. The van der Waals surface area contributed by atoms with Crippen LogP contribution in [0, 0.1) is 17.3 Å². The summed E-state index contributed by atoms with van der Waals surface area (Å²) in [7, 11) is 1.76. The third-order valence-electron chi connectivity index (χ3n) is 7.73. The maximum Gasteiger partial charge on any atom is 0.174 e. The van der Waals surface area contributed by atoms with Crippen molar-refractivity contribution in [3.63, 3.8) is 0 Å². The molecule has 0 aromatic heterocycles. The van der Waals surface area contributed by atoms with Gasteiger partial charge in [-0.2, -0.15) is 0 Å². The van der Waals surface area contributed by atoms with Crippen molar-refractivity contribution in [1.29, 1.82) is 0 Å². The first-order valence-corrected chi connectivity index (χ1v) is 12.2. The lowest BCUT2D eigenvalue weighted by Gasteiger charge is -2.52. The summed E-state index contributed by atoms with van der Waals surface area (Å²) in [5.74, 6) is 2.97. The molecule has 1 aromatic carbocycles. The highest BCUT2D eigenvalue weighted by Crippen LogP contribution is 2.66. The molecule has 4 atom stereocenters. The topological polar surface area (TPSA) is 47.9 Å². The number of thiol groups is 1. The monoisotopic (exact) mass is 454 g/mol. The van der Waals surface area contributed by atoms with Gasteiger partial charge in [-0.1, -0.05) is 48.1 Å². The van der Waals surface area contributed by atoms with Gasteiger partial charge in [0, 0.05) is 11.8 Å². The molecule has 5 rings (SSSR count). The Morgan fingerprint density at radius 3 is 2.26 bits per heavy atom. The Morgan fingerprint density at radius 1 is 1.00 bits per heavy atom. The van der Waals surface area contributed by atoms with Gasteiger partial charge in [-0.3, -0.25) is 0 Å². The van der Waals surface area contributed by atoms with Crippen LogP contribution in [-0.2, 0) is 15.9 Å². The maximum absolute atomic E-state index is 6.69. The maximum atomic E-state index is 6.69. The van der Waals surface area contributed by atoms with E-state index < -0.39 is 0 Å². The van der Waals surface area contributed by atoms with Gasteiger partial charge in [-0.05, 0) is 86.0 Å². The van der Waals surface area contributed by atoms with E-state index in [0.717, 1.165) is 37.2 Å². The molecule has 180 valence electrons. The molecular weight excluding hydrogens is 408 g/mol. The first-order valence-electron chi connectivity index (χ1n) is 11.8. The fourth-order valence-corrected chi connectivity index (χ4v) is 6.57. The van der Waals surface area contributed by atoms with E-state index in [1.807, 2.05) is 27.7 Å². The Balaban J connectivity index is 0.000000636. The van der Waals surface area contributed by atoms with Crippen LogP contribution in [-0.4, -0.2) is 30.7 Å². The third kappa shape index (κ3) is 4.80. The summed E-state index contributed by atoms with van der Waals surface area (Å²) in [4.78, 5) is 0. The molecule has 0 radical (unpaired) electrons. The molecule has 1 spiro atoms. The van der Waals surface area contributed by atoms with Crippen LogP contribution in [0.1, 0.15) is 91.2 Å². The first kappa shape index (κ1) is 28.3. The van der Waals surface area contributed by atoms with Gasteiger partial charge >= 0.3 is 0 Å². The van der Waals surface area contributed by atoms with E-state index in [1.54, 1.807) is 12.7 Å². The van der Waals surface area contributed by atoms with Crippen LogP contribution in [0.15, 0.2) is 18.2 Å². The van der Waals surface area contributed by atoms with Crippen LogP contribution in [0.25, 0.3) is 0 Å². The molecule has 4 aliphatic rings. The lowest BCUT2D eigenvalue weighted by atomic mass is 9.55. The molecule has 3 fully saturated rings. The number of hydrogen-bond donors (Lipinski definition) is 2. The second kappa shape index (κ2) is 12.5. The Morgan fingerprint density at radius 2 is 1.65 bits per heavy atom. The predicted molar refractivity (Wildman–Crippen MR) is 133 cm³/mol. The summed E-state index contributed by atoms with van der Waals surface area (Å²) in [5, 5.41) is 0. The molecule has 1 saturated heterocycles. The largest absolute Gasteiger partial charge is 0.497 e. The standard InChI is InChI=1S/C21H28O3.2C2H6.CH4.H2OS/c1-20-9-7-17-16-6-4-15(22-2)13-14(16)3-5-18(17)19(20)8-10-21(20)23-11-12-24-21;2*1-2;;1-2/h4,6,13,17-19H,3,5,7-12H2,1-2H3;2*1-2H3;1H4;1-2H. The zero-order valence-electron chi connectivity index (χ0n) is 19.7. The van der Waals surface area contributed by atoms with Crippen molar-refractivity contribution < 1.29 is 18.8 Å². The molecule has 4 unspecified atom stereocenters. The highest BCUT2D eigenvalue weighted by molar-refractivity contribution is 7.74. The van der Waals surface area contributed by atoms with Crippen molar-refractivity contribution in [2.24, 2.45) is 17.3 Å². The Bertz CT molecular complexity index is 659. The third-order valence-corrected chi connectivity index (χ3v) is 7.73. The zero-order valence-corrected chi connectivity index (χ0v) is 20.6. The second-order valence-corrected chi connectivity index (χ2v) is 8.42. The van der Waals surface area contributed by atoms with Crippen molar-refractivity contribution >= 4 is 12.9 Å². The number of hydrogen-bond acceptors (Lipinski definition) is 5. The van der Waals surface area contributed by atoms with Crippen LogP contribution < -0.4 is 4.74 Å². The number of ether oxygens (including phenoxy) is 3. The highest BCUT2D eigenvalue weighted by atomic mass is 32.1. The minimum absolute atomic E-state index is 0.